The van der Waals surface area contributed by atoms with E-state index in [1.165, 1.54) is 57.8 Å². The van der Waals surface area contributed by atoms with Crippen molar-refractivity contribution in [1.82, 2.24) is 0 Å². The zero-order valence-corrected chi connectivity index (χ0v) is 10.5. The van der Waals surface area contributed by atoms with Crippen LogP contribution >= 0.6 is 0 Å². The van der Waals surface area contributed by atoms with Crippen LogP contribution in [0, 0.1) is 0 Å². The van der Waals surface area contributed by atoms with Crippen molar-refractivity contribution in [2.75, 3.05) is 0 Å². The summed E-state index contributed by atoms with van der Waals surface area (Å²) in [5, 5.41) is 0. The van der Waals surface area contributed by atoms with E-state index in [0.717, 1.165) is 6.42 Å². The summed E-state index contributed by atoms with van der Waals surface area (Å²) in [6.45, 7) is 5.98. The third-order valence-electron chi connectivity index (χ3n) is 2.68. The van der Waals surface area contributed by atoms with E-state index >= 15 is 0 Å². The highest BCUT2D eigenvalue weighted by molar-refractivity contribution is 4.84. The molecule has 0 aromatic heterocycles. The van der Waals surface area contributed by atoms with E-state index in [1.807, 2.05) is 6.08 Å². The summed E-state index contributed by atoms with van der Waals surface area (Å²) in [4.78, 5) is 0. The van der Waals surface area contributed by atoms with E-state index in [-0.39, 0.29) is 0 Å². The minimum Gasteiger partial charge on any atom is -0.103 e. The Morgan fingerprint density at radius 3 is 2.00 bits per heavy atom. The van der Waals surface area contributed by atoms with Gasteiger partial charge in [-0.1, -0.05) is 63.7 Å². The van der Waals surface area contributed by atoms with Crippen molar-refractivity contribution in [2.24, 2.45) is 0 Å². The quantitative estimate of drug-likeness (QED) is 0.304. The highest BCUT2D eigenvalue weighted by Crippen LogP contribution is 2.08. The van der Waals surface area contributed by atoms with Crippen molar-refractivity contribution in [3.8, 4) is 0 Å². The van der Waals surface area contributed by atoms with Gasteiger partial charge >= 0.3 is 0 Å². The molecule has 0 heterocycles. The molecule has 0 aliphatic rings. The van der Waals surface area contributed by atoms with Gasteiger partial charge in [-0.3, -0.25) is 0 Å². The molecule has 88 valence electrons. The summed E-state index contributed by atoms with van der Waals surface area (Å²) in [5.41, 5.74) is 0. The Morgan fingerprint density at radius 1 is 0.733 bits per heavy atom. The predicted octanol–water partition coefficient (Wildman–Crippen LogP) is 5.65. The summed E-state index contributed by atoms with van der Waals surface area (Å²) in [7, 11) is 0. The average Bonchev–Trinajstić information content (AvgIpc) is 2.26. The lowest BCUT2D eigenvalue weighted by Crippen LogP contribution is -1.78. The summed E-state index contributed by atoms with van der Waals surface area (Å²) < 4.78 is 0. The minimum atomic E-state index is 1.12. The molecule has 15 heavy (non-hydrogen) atoms. The van der Waals surface area contributed by atoms with E-state index in [2.05, 4.69) is 25.7 Å². The molecule has 0 spiro atoms. The molecule has 0 bridgehead atoms. The molecule has 0 aromatic rings. The zero-order chi connectivity index (χ0) is 11.2. The lowest BCUT2D eigenvalue weighted by Gasteiger charge is -1.98. The van der Waals surface area contributed by atoms with Crippen LogP contribution in [-0.4, -0.2) is 0 Å². The van der Waals surface area contributed by atoms with Crippen LogP contribution in [0.25, 0.3) is 0 Å². The zero-order valence-electron chi connectivity index (χ0n) is 10.5. The summed E-state index contributed by atoms with van der Waals surface area (Å²) >= 11 is 0. The molecule has 0 amide bonds. The lowest BCUT2D eigenvalue weighted by molar-refractivity contribution is 0.592. The molecule has 0 heteroatoms. The van der Waals surface area contributed by atoms with Crippen LogP contribution in [-0.2, 0) is 0 Å². The Kier molecular flexibility index (Phi) is 13.0. The molecule has 0 saturated carbocycles. The Hall–Kier alpha value is -0.520. The lowest BCUT2D eigenvalue weighted by atomic mass is 10.1. The Labute approximate surface area is 96.5 Å². The number of rotatable bonds is 11. The first-order valence-corrected chi connectivity index (χ1v) is 6.67. The molecule has 0 radical (unpaired) electrons. The molecule has 0 unspecified atom stereocenters. The molecular formula is C15H28. The van der Waals surface area contributed by atoms with Crippen LogP contribution in [0.3, 0.4) is 0 Å². The van der Waals surface area contributed by atoms with Crippen LogP contribution in [0.1, 0.15) is 71.1 Å². The first kappa shape index (κ1) is 14.5. The van der Waals surface area contributed by atoms with Gasteiger partial charge in [0, 0.05) is 0 Å². The molecule has 0 atom stereocenters. The average molecular weight is 208 g/mol. The van der Waals surface area contributed by atoms with Gasteiger partial charge in [0.25, 0.3) is 0 Å². The third kappa shape index (κ3) is 13.5. The Bertz CT molecular complexity index is 144. The van der Waals surface area contributed by atoms with E-state index in [4.69, 9.17) is 0 Å². The highest BCUT2D eigenvalue weighted by atomic mass is 13.9. The van der Waals surface area contributed by atoms with Crippen LogP contribution in [0.2, 0.25) is 0 Å². The Balaban J connectivity index is 2.97. The van der Waals surface area contributed by atoms with Gasteiger partial charge in [0.1, 0.15) is 0 Å². The van der Waals surface area contributed by atoms with Gasteiger partial charge in [-0.15, -0.1) is 6.58 Å². The second kappa shape index (κ2) is 13.5. The molecule has 0 fully saturated rings. The number of unbranched alkanes of at least 4 members (excludes halogenated alkanes) is 8. The van der Waals surface area contributed by atoms with Gasteiger partial charge in [0.05, 0.1) is 0 Å². The van der Waals surface area contributed by atoms with Gasteiger partial charge in [0.2, 0.25) is 0 Å². The fraction of sp³-hybridized carbons (Fsp3) is 0.733. The maximum Gasteiger partial charge on any atom is -0.0316 e. The van der Waals surface area contributed by atoms with Crippen molar-refractivity contribution in [3.05, 3.63) is 24.8 Å². The standard InChI is InChI=1S/C15H28/c1-3-5-7-9-11-13-15-14-12-10-8-6-4-2/h3,9,11H,1,4-8,10,12-15H2,2H3/b11-9+. The first-order chi connectivity index (χ1) is 7.41. The molecule has 0 rings (SSSR count). The van der Waals surface area contributed by atoms with Crippen LogP contribution < -0.4 is 0 Å². The van der Waals surface area contributed by atoms with Crippen molar-refractivity contribution >= 4 is 0 Å². The fourth-order valence-corrected chi connectivity index (χ4v) is 1.67. The molecule has 0 aromatic carbocycles. The monoisotopic (exact) mass is 208 g/mol. The maximum absolute atomic E-state index is 3.71. The predicted molar refractivity (Wildman–Crippen MR) is 71.2 cm³/mol. The Morgan fingerprint density at radius 2 is 1.33 bits per heavy atom. The molecule has 0 nitrogen and oxygen atoms in total. The van der Waals surface area contributed by atoms with Crippen molar-refractivity contribution in [1.29, 1.82) is 0 Å². The van der Waals surface area contributed by atoms with Crippen LogP contribution in [0.5, 0.6) is 0 Å². The normalized spacial score (nSPS) is 11.0. The molecule has 0 aliphatic heterocycles. The van der Waals surface area contributed by atoms with E-state index in [9.17, 15) is 0 Å². The van der Waals surface area contributed by atoms with Crippen molar-refractivity contribution in [2.45, 2.75) is 71.1 Å². The van der Waals surface area contributed by atoms with E-state index < -0.39 is 0 Å². The summed E-state index contributed by atoms with van der Waals surface area (Å²) in [5.74, 6) is 0. The first-order valence-electron chi connectivity index (χ1n) is 6.67. The van der Waals surface area contributed by atoms with Gasteiger partial charge in [-0.2, -0.15) is 0 Å². The second-order valence-corrected chi connectivity index (χ2v) is 4.25. The number of allylic oxidation sites excluding steroid dienone is 3. The topological polar surface area (TPSA) is 0 Å². The van der Waals surface area contributed by atoms with Gasteiger partial charge in [-0.05, 0) is 25.7 Å². The number of hydrogen-bond donors (Lipinski definition) is 0. The largest absolute Gasteiger partial charge is 0.103 e. The number of hydrogen-bond acceptors (Lipinski definition) is 0. The van der Waals surface area contributed by atoms with Gasteiger partial charge < -0.3 is 0 Å². The SMILES string of the molecule is C=CCC/C=C/CCCCCCCCC. The van der Waals surface area contributed by atoms with E-state index in [1.54, 1.807) is 0 Å². The van der Waals surface area contributed by atoms with Gasteiger partial charge in [0.15, 0.2) is 0 Å². The summed E-state index contributed by atoms with van der Waals surface area (Å²) in [6, 6.07) is 0. The summed E-state index contributed by atoms with van der Waals surface area (Å²) in [6.07, 6.45) is 20.0. The fourth-order valence-electron chi connectivity index (χ4n) is 1.67. The molecule has 0 aliphatic carbocycles. The molecular weight excluding hydrogens is 180 g/mol. The molecule has 0 N–H and O–H groups in total. The van der Waals surface area contributed by atoms with Crippen LogP contribution in [0.15, 0.2) is 24.8 Å². The van der Waals surface area contributed by atoms with Crippen molar-refractivity contribution < 1.29 is 0 Å². The smallest absolute Gasteiger partial charge is 0.0316 e. The van der Waals surface area contributed by atoms with Crippen LogP contribution in [0.4, 0.5) is 0 Å². The second-order valence-electron chi connectivity index (χ2n) is 4.25. The minimum absolute atomic E-state index is 1.12. The third-order valence-corrected chi connectivity index (χ3v) is 2.68. The maximum atomic E-state index is 3.71. The molecule has 0 saturated heterocycles. The van der Waals surface area contributed by atoms with Crippen molar-refractivity contribution in [3.63, 3.8) is 0 Å². The highest BCUT2D eigenvalue weighted by Gasteiger charge is 1.88. The van der Waals surface area contributed by atoms with E-state index in [0.29, 0.717) is 0 Å². The van der Waals surface area contributed by atoms with Gasteiger partial charge in [-0.25, -0.2) is 0 Å².